The number of hydrogen-bond donors (Lipinski definition) is 1. The largest absolute Gasteiger partial charge is 0.490 e. The monoisotopic (exact) mass is 411 g/mol. The standard InChI is InChI=1S/C23H26FN3O3/c1-5-29-20-11-10-18(13-21(20)30-6-2)23(28)25-22-15(3)26-27(16(22)4)14-17-8-7-9-19(24)12-17/h7-13H,5-6,14H2,1-4H3,(H,25,28). The van der Waals surface area contributed by atoms with Crippen LogP contribution in [-0.4, -0.2) is 28.9 Å². The predicted molar refractivity (Wildman–Crippen MR) is 114 cm³/mol. The summed E-state index contributed by atoms with van der Waals surface area (Å²) in [6.45, 7) is 8.86. The van der Waals surface area contributed by atoms with Crippen LogP contribution in [0.15, 0.2) is 42.5 Å². The van der Waals surface area contributed by atoms with Crippen LogP contribution in [0.2, 0.25) is 0 Å². The summed E-state index contributed by atoms with van der Waals surface area (Å²) >= 11 is 0. The Balaban J connectivity index is 1.81. The third kappa shape index (κ3) is 4.79. The zero-order valence-corrected chi connectivity index (χ0v) is 17.7. The van der Waals surface area contributed by atoms with Gasteiger partial charge < -0.3 is 14.8 Å². The molecule has 0 atom stereocenters. The number of hydrogen-bond acceptors (Lipinski definition) is 4. The van der Waals surface area contributed by atoms with Crippen molar-refractivity contribution in [1.29, 1.82) is 0 Å². The highest BCUT2D eigenvalue weighted by Crippen LogP contribution is 2.29. The van der Waals surface area contributed by atoms with Gasteiger partial charge in [0, 0.05) is 5.56 Å². The molecule has 3 rings (SSSR count). The van der Waals surface area contributed by atoms with Crippen LogP contribution in [0.25, 0.3) is 0 Å². The first-order chi connectivity index (χ1) is 14.4. The molecule has 0 bridgehead atoms. The van der Waals surface area contributed by atoms with Gasteiger partial charge in [0.1, 0.15) is 5.82 Å². The van der Waals surface area contributed by atoms with Crippen LogP contribution in [0, 0.1) is 19.7 Å². The molecule has 7 heteroatoms. The maximum Gasteiger partial charge on any atom is 0.255 e. The fraction of sp³-hybridized carbons (Fsp3) is 0.304. The number of carbonyl (C=O) groups excluding carboxylic acids is 1. The molecule has 0 unspecified atom stereocenters. The summed E-state index contributed by atoms with van der Waals surface area (Å²) in [7, 11) is 0. The molecule has 3 aromatic rings. The second kappa shape index (κ2) is 9.43. The predicted octanol–water partition coefficient (Wildman–Crippen LogP) is 4.74. The average Bonchev–Trinajstić information content (AvgIpc) is 2.97. The summed E-state index contributed by atoms with van der Waals surface area (Å²) in [6.07, 6.45) is 0. The van der Waals surface area contributed by atoms with E-state index in [0.717, 1.165) is 11.3 Å². The van der Waals surface area contributed by atoms with Crippen molar-refractivity contribution < 1.29 is 18.7 Å². The number of aromatic nitrogens is 2. The van der Waals surface area contributed by atoms with Crippen LogP contribution in [-0.2, 0) is 6.54 Å². The minimum absolute atomic E-state index is 0.268. The molecule has 1 aromatic heterocycles. The molecule has 158 valence electrons. The summed E-state index contributed by atoms with van der Waals surface area (Å²) < 4.78 is 26.4. The Bertz CT molecular complexity index is 1050. The molecule has 0 saturated heterocycles. The first-order valence-electron chi connectivity index (χ1n) is 9.92. The van der Waals surface area contributed by atoms with Crippen molar-refractivity contribution in [2.75, 3.05) is 18.5 Å². The molecule has 1 N–H and O–H groups in total. The SMILES string of the molecule is CCOc1ccc(C(=O)Nc2c(C)nn(Cc3cccc(F)c3)c2C)cc1OCC. The normalized spacial score (nSPS) is 10.7. The minimum atomic E-state index is -0.289. The maximum atomic E-state index is 13.5. The number of carbonyl (C=O) groups is 1. The highest BCUT2D eigenvalue weighted by atomic mass is 19.1. The molecule has 1 amide bonds. The van der Waals surface area contributed by atoms with Crippen molar-refractivity contribution in [2.45, 2.75) is 34.2 Å². The van der Waals surface area contributed by atoms with Gasteiger partial charge in [-0.3, -0.25) is 9.48 Å². The molecule has 0 saturated carbocycles. The van der Waals surface area contributed by atoms with Gasteiger partial charge in [-0.1, -0.05) is 12.1 Å². The van der Waals surface area contributed by atoms with Crippen molar-refractivity contribution >= 4 is 11.6 Å². The Morgan fingerprint density at radius 3 is 2.50 bits per heavy atom. The Morgan fingerprint density at radius 2 is 1.80 bits per heavy atom. The second-order valence-corrected chi connectivity index (χ2v) is 6.82. The smallest absolute Gasteiger partial charge is 0.255 e. The van der Waals surface area contributed by atoms with E-state index in [1.54, 1.807) is 28.9 Å². The third-order valence-electron chi connectivity index (χ3n) is 4.65. The van der Waals surface area contributed by atoms with E-state index >= 15 is 0 Å². The first kappa shape index (κ1) is 21.4. The summed E-state index contributed by atoms with van der Waals surface area (Å²) in [5.41, 5.74) is 3.38. The van der Waals surface area contributed by atoms with Gasteiger partial charge in [-0.2, -0.15) is 5.10 Å². The highest BCUT2D eigenvalue weighted by molar-refractivity contribution is 6.05. The van der Waals surface area contributed by atoms with E-state index in [-0.39, 0.29) is 11.7 Å². The van der Waals surface area contributed by atoms with Crippen LogP contribution >= 0.6 is 0 Å². The molecule has 30 heavy (non-hydrogen) atoms. The van der Waals surface area contributed by atoms with Crippen LogP contribution in [0.3, 0.4) is 0 Å². The number of rotatable bonds is 8. The molecular formula is C23H26FN3O3. The van der Waals surface area contributed by atoms with Gasteiger partial charge in [0.15, 0.2) is 11.5 Å². The molecule has 0 aliphatic heterocycles. The number of anilines is 1. The Kier molecular flexibility index (Phi) is 6.72. The number of nitrogens with one attached hydrogen (secondary N) is 1. The number of nitrogens with zero attached hydrogens (tertiary/aromatic N) is 2. The minimum Gasteiger partial charge on any atom is -0.490 e. The van der Waals surface area contributed by atoms with Crippen LogP contribution < -0.4 is 14.8 Å². The molecule has 0 spiro atoms. The van der Waals surface area contributed by atoms with Gasteiger partial charge in [-0.05, 0) is 63.6 Å². The first-order valence-corrected chi connectivity index (χ1v) is 9.92. The Labute approximate surface area is 175 Å². The van der Waals surface area contributed by atoms with E-state index in [0.29, 0.717) is 48.2 Å². The van der Waals surface area contributed by atoms with E-state index in [1.807, 2.05) is 33.8 Å². The fourth-order valence-corrected chi connectivity index (χ4v) is 3.22. The lowest BCUT2D eigenvalue weighted by molar-refractivity contribution is 0.102. The van der Waals surface area contributed by atoms with E-state index in [9.17, 15) is 9.18 Å². The maximum absolute atomic E-state index is 13.5. The summed E-state index contributed by atoms with van der Waals surface area (Å²) in [4.78, 5) is 12.9. The summed E-state index contributed by atoms with van der Waals surface area (Å²) in [5.74, 6) is 0.576. The molecule has 0 aliphatic rings. The van der Waals surface area contributed by atoms with Crippen molar-refractivity contribution in [1.82, 2.24) is 9.78 Å². The number of ether oxygens (including phenoxy) is 2. The number of aryl methyl sites for hydroxylation is 1. The second-order valence-electron chi connectivity index (χ2n) is 6.82. The lowest BCUT2D eigenvalue weighted by atomic mass is 10.1. The van der Waals surface area contributed by atoms with Gasteiger partial charge in [-0.25, -0.2) is 4.39 Å². The zero-order valence-electron chi connectivity index (χ0n) is 17.7. The zero-order chi connectivity index (χ0) is 21.7. The molecule has 0 radical (unpaired) electrons. The van der Waals surface area contributed by atoms with E-state index < -0.39 is 0 Å². The highest BCUT2D eigenvalue weighted by Gasteiger charge is 2.17. The van der Waals surface area contributed by atoms with Gasteiger partial charge in [0.2, 0.25) is 0 Å². The molecule has 0 fully saturated rings. The molecule has 2 aromatic carbocycles. The summed E-state index contributed by atoms with van der Waals surface area (Å²) in [5, 5.41) is 7.44. The van der Waals surface area contributed by atoms with Gasteiger partial charge >= 0.3 is 0 Å². The summed E-state index contributed by atoms with van der Waals surface area (Å²) in [6, 6.07) is 11.5. The molecular weight excluding hydrogens is 385 g/mol. The number of benzene rings is 2. The molecule has 1 heterocycles. The van der Waals surface area contributed by atoms with Crippen molar-refractivity contribution in [3.63, 3.8) is 0 Å². The molecule has 0 aliphatic carbocycles. The van der Waals surface area contributed by atoms with Crippen molar-refractivity contribution in [3.8, 4) is 11.5 Å². The Hall–Kier alpha value is -3.35. The lowest BCUT2D eigenvalue weighted by Crippen LogP contribution is -2.14. The molecule has 6 nitrogen and oxygen atoms in total. The van der Waals surface area contributed by atoms with Crippen LogP contribution in [0.5, 0.6) is 11.5 Å². The number of amides is 1. The fourth-order valence-electron chi connectivity index (χ4n) is 3.22. The van der Waals surface area contributed by atoms with Gasteiger partial charge in [-0.15, -0.1) is 0 Å². The third-order valence-corrected chi connectivity index (χ3v) is 4.65. The van der Waals surface area contributed by atoms with Crippen molar-refractivity contribution in [3.05, 3.63) is 70.8 Å². The van der Waals surface area contributed by atoms with Crippen molar-refractivity contribution in [2.24, 2.45) is 0 Å². The van der Waals surface area contributed by atoms with E-state index in [4.69, 9.17) is 9.47 Å². The van der Waals surface area contributed by atoms with Gasteiger partial charge in [0.05, 0.1) is 36.8 Å². The van der Waals surface area contributed by atoms with Gasteiger partial charge in [0.25, 0.3) is 5.91 Å². The number of halogens is 1. The topological polar surface area (TPSA) is 65.4 Å². The van der Waals surface area contributed by atoms with Crippen LogP contribution in [0.1, 0.15) is 41.2 Å². The van der Waals surface area contributed by atoms with E-state index in [1.165, 1.54) is 12.1 Å². The lowest BCUT2D eigenvalue weighted by Gasteiger charge is -2.13. The quantitative estimate of drug-likeness (QED) is 0.582. The Morgan fingerprint density at radius 1 is 1.07 bits per heavy atom. The van der Waals surface area contributed by atoms with Crippen LogP contribution in [0.4, 0.5) is 10.1 Å². The van der Waals surface area contributed by atoms with E-state index in [2.05, 4.69) is 10.4 Å². The average molecular weight is 411 g/mol.